The number of aromatic amines is 1. The Kier molecular flexibility index (Phi) is 4.09. The molecule has 0 aliphatic carbocycles. The van der Waals surface area contributed by atoms with E-state index in [1.807, 2.05) is 0 Å². The van der Waals surface area contributed by atoms with Gasteiger partial charge in [0.25, 0.3) is 12.0 Å². The molecule has 0 unspecified atom stereocenters. The third-order valence-corrected chi connectivity index (χ3v) is 3.53. The summed E-state index contributed by atoms with van der Waals surface area (Å²) in [7, 11) is 0. The lowest BCUT2D eigenvalue weighted by atomic mass is 10.2. The second-order valence-corrected chi connectivity index (χ2v) is 5.32. The lowest BCUT2D eigenvalue weighted by Gasteiger charge is -2.09. The first-order valence-electron chi connectivity index (χ1n) is 7.10. The van der Waals surface area contributed by atoms with E-state index in [4.69, 9.17) is 0 Å². The Bertz CT molecular complexity index is 1050. The average Bonchev–Trinajstić information content (AvgIpc) is 2.93. The smallest absolute Gasteiger partial charge is 0.310 e. The Balaban J connectivity index is 2.16. The van der Waals surface area contributed by atoms with Gasteiger partial charge in [-0.25, -0.2) is 18.4 Å². The minimum Gasteiger partial charge on any atom is -0.310 e. The molecule has 11 heteroatoms. The molecule has 0 aliphatic rings. The third kappa shape index (κ3) is 2.95. The molecule has 3 aromatic rings. The number of hydrogen-bond donors (Lipinski definition) is 1. The molecule has 0 bridgehead atoms. The molecule has 26 heavy (non-hydrogen) atoms. The van der Waals surface area contributed by atoms with E-state index in [2.05, 4.69) is 26.6 Å². The summed E-state index contributed by atoms with van der Waals surface area (Å²) in [6.45, 7) is 5.10. The molecule has 3 rings (SSSR count). The minimum absolute atomic E-state index is 0.0550. The van der Waals surface area contributed by atoms with Crippen molar-refractivity contribution in [3.63, 3.8) is 0 Å². The SMILES string of the molecule is C=C(c1ccc(C(F)(F)F)nc1)n1nc(C(F)F)c2c(=O)[nH]c(C)nc21. The van der Waals surface area contributed by atoms with E-state index in [1.54, 1.807) is 0 Å². The van der Waals surface area contributed by atoms with Gasteiger partial charge in [-0.3, -0.25) is 9.78 Å². The highest BCUT2D eigenvalue weighted by atomic mass is 19.4. The zero-order valence-electron chi connectivity index (χ0n) is 13.1. The van der Waals surface area contributed by atoms with Crippen LogP contribution >= 0.6 is 0 Å². The zero-order valence-corrected chi connectivity index (χ0v) is 13.1. The van der Waals surface area contributed by atoms with Gasteiger partial charge in [-0.1, -0.05) is 6.58 Å². The number of fused-ring (bicyclic) bond motifs is 1. The summed E-state index contributed by atoms with van der Waals surface area (Å²) < 4.78 is 65.1. The molecule has 0 saturated carbocycles. The van der Waals surface area contributed by atoms with Crippen LogP contribution in [-0.2, 0) is 6.18 Å². The van der Waals surface area contributed by atoms with Crippen LogP contribution in [0.4, 0.5) is 22.0 Å². The molecule has 0 amide bonds. The lowest BCUT2D eigenvalue weighted by Crippen LogP contribution is -2.11. The van der Waals surface area contributed by atoms with E-state index in [0.717, 1.165) is 23.0 Å². The van der Waals surface area contributed by atoms with Gasteiger partial charge < -0.3 is 4.98 Å². The van der Waals surface area contributed by atoms with Crippen molar-refractivity contribution in [2.75, 3.05) is 0 Å². The van der Waals surface area contributed by atoms with E-state index in [9.17, 15) is 26.7 Å². The minimum atomic E-state index is -4.62. The van der Waals surface area contributed by atoms with Crippen LogP contribution in [-0.4, -0.2) is 24.7 Å². The third-order valence-electron chi connectivity index (χ3n) is 3.53. The number of nitrogens with zero attached hydrogens (tertiary/aromatic N) is 4. The van der Waals surface area contributed by atoms with Gasteiger partial charge in [0.05, 0.1) is 5.70 Å². The fourth-order valence-corrected chi connectivity index (χ4v) is 2.36. The zero-order chi connectivity index (χ0) is 19.2. The van der Waals surface area contributed by atoms with Gasteiger partial charge in [0.15, 0.2) is 5.65 Å². The number of hydrogen-bond acceptors (Lipinski definition) is 4. The van der Waals surface area contributed by atoms with Crippen molar-refractivity contribution in [3.8, 4) is 0 Å². The van der Waals surface area contributed by atoms with E-state index in [1.165, 1.54) is 6.92 Å². The maximum Gasteiger partial charge on any atom is 0.433 e. The summed E-state index contributed by atoms with van der Waals surface area (Å²) in [6, 6.07) is 1.81. The highest BCUT2D eigenvalue weighted by Gasteiger charge is 2.32. The number of halogens is 5. The van der Waals surface area contributed by atoms with Crippen LogP contribution < -0.4 is 5.56 Å². The van der Waals surface area contributed by atoms with Crippen LogP contribution in [0, 0.1) is 6.92 Å². The first kappa shape index (κ1) is 17.7. The Morgan fingerprint density at radius 2 is 2.00 bits per heavy atom. The van der Waals surface area contributed by atoms with Gasteiger partial charge >= 0.3 is 6.18 Å². The molecule has 0 spiro atoms. The summed E-state index contributed by atoms with van der Waals surface area (Å²) in [5.41, 5.74) is -2.84. The topological polar surface area (TPSA) is 76.5 Å². The maximum absolute atomic E-state index is 13.2. The lowest BCUT2D eigenvalue weighted by molar-refractivity contribution is -0.141. The molecule has 136 valence electrons. The predicted octanol–water partition coefficient (Wildman–Crippen LogP) is 3.30. The monoisotopic (exact) mass is 371 g/mol. The molecule has 3 aromatic heterocycles. The summed E-state index contributed by atoms with van der Waals surface area (Å²) >= 11 is 0. The predicted molar refractivity (Wildman–Crippen MR) is 81.5 cm³/mol. The summed E-state index contributed by atoms with van der Waals surface area (Å²) in [5, 5.41) is 3.26. The van der Waals surface area contributed by atoms with E-state index in [0.29, 0.717) is 0 Å². The number of aromatic nitrogens is 5. The van der Waals surface area contributed by atoms with E-state index in [-0.39, 0.29) is 22.7 Å². The van der Waals surface area contributed by atoms with Gasteiger partial charge in [0.1, 0.15) is 22.6 Å². The summed E-state index contributed by atoms with van der Waals surface area (Å²) in [6.07, 6.45) is -6.78. The molecule has 0 atom stereocenters. The first-order valence-corrected chi connectivity index (χ1v) is 7.10. The molecule has 0 radical (unpaired) electrons. The number of aryl methyl sites for hydroxylation is 1. The summed E-state index contributed by atoms with van der Waals surface area (Å²) in [5.74, 6) is 0.155. The standard InChI is InChI=1S/C15H10F5N5O/c1-6(8-3-4-9(21-5-8)15(18,19)20)25-13-10(11(24-25)12(16)17)14(26)23-7(2)22-13/h3-5,12H,1H2,2H3,(H,22,23,26). The molecule has 6 nitrogen and oxygen atoms in total. The Labute approximate surface area is 142 Å². The van der Waals surface area contributed by atoms with Crippen molar-refractivity contribution in [1.82, 2.24) is 24.7 Å². The van der Waals surface area contributed by atoms with Crippen molar-refractivity contribution < 1.29 is 22.0 Å². The number of rotatable bonds is 3. The van der Waals surface area contributed by atoms with Crippen LogP contribution in [0.15, 0.2) is 29.7 Å². The number of nitrogens with one attached hydrogen (secondary N) is 1. The number of alkyl halides is 5. The highest BCUT2D eigenvalue weighted by Crippen LogP contribution is 2.29. The summed E-state index contributed by atoms with van der Waals surface area (Å²) in [4.78, 5) is 21.6. The molecule has 0 fully saturated rings. The van der Waals surface area contributed by atoms with Crippen LogP contribution in [0.1, 0.15) is 29.2 Å². The quantitative estimate of drug-likeness (QED) is 0.717. The van der Waals surface area contributed by atoms with Gasteiger partial charge in [0.2, 0.25) is 0 Å². The van der Waals surface area contributed by atoms with Crippen molar-refractivity contribution in [1.29, 1.82) is 0 Å². The first-order chi connectivity index (χ1) is 12.1. The average molecular weight is 371 g/mol. The second-order valence-electron chi connectivity index (χ2n) is 5.32. The van der Waals surface area contributed by atoms with Gasteiger partial charge in [0, 0.05) is 11.8 Å². The van der Waals surface area contributed by atoms with Gasteiger partial charge in [-0.05, 0) is 19.1 Å². The molecular formula is C15H10F5N5O. The highest BCUT2D eigenvalue weighted by molar-refractivity contribution is 5.82. The van der Waals surface area contributed by atoms with Crippen molar-refractivity contribution in [2.24, 2.45) is 0 Å². The Morgan fingerprint density at radius 3 is 2.54 bits per heavy atom. The molecule has 1 N–H and O–H groups in total. The second kappa shape index (κ2) is 6.00. The molecule has 3 heterocycles. The van der Waals surface area contributed by atoms with Crippen molar-refractivity contribution >= 4 is 16.7 Å². The molecule has 0 aliphatic heterocycles. The molecule has 0 aromatic carbocycles. The van der Waals surface area contributed by atoms with E-state index >= 15 is 0 Å². The van der Waals surface area contributed by atoms with Crippen LogP contribution in [0.5, 0.6) is 0 Å². The Morgan fingerprint density at radius 1 is 1.31 bits per heavy atom. The number of H-pyrrole nitrogens is 1. The van der Waals surface area contributed by atoms with Crippen molar-refractivity contribution in [3.05, 3.63) is 58.0 Å². The normalized spacial score (nSPS) is 12.1. The molecular weight excluding hydrogens is 361 g/mol. The largest absolute Gasteiger partial charge is 0.433 e. The van der Waals surface area contributed by atoms with Crippen LogP contribution in [0.2, 0.25) is 0 Å². The van der Waals surface area contributed by atoms with Crippen LogP contribution in [0.25, 0.3) is 16.7 Å². The molecule has 0 saturated heterocycles. The van der Waals surface area contributed by atoms with Gasteiger partial charge in [-0.2, -0.15) is 18.3 Å². The fraction of sp³-hybridized carbons (Fsp3) is 0.200. The van der Waals surface area contributed by atoms with E-state index < -0.39 is 34.9 Å². The fourth-order valence-electron chi connectivity index (χ4n) is 2.36. The van der Waals surface area contributed by atoms with Crippen LogP contribution in [0.3, 0.4) is 0 Å². The van der Waals surface area contributed by atoms with Crippen molar-refractivity contribution in [2.45, 2.75) is 19.5 Å². The van der Waals surface area contributed by atoms with Gasteiger partial charge in [-0.15, -0.1) is 0 Å². The Hall–Kier alpha value is -3.11. The maximum atomic E-state index is 13.2. The number of pyridine rings is 1.